The molecule has 0 aromatic carbocycles. The molecule has 0 bridgehead atoms. The highest BCUT2D eigenvalue weighted by molar-refractivity contribution is 5.69. The van der Waals surface area contributed by atoms with Crippen molar-refractivity contribution in [3.05, 3.63) is 0 Å². The molecule has 0 spiro atoms. The van der Waals surface area contributed by atoms with E-state index in [9.17, 15) is 4.79 Å². The van der Waals surface area contributed by atoms with E-state index < -0.39 is 11.9 Å². The Morgan fingerprint density at radius 2 is 1.33 bits per heavy atom. The predicted octanol–water partition coefficient (Wildman–Crippen LogP) is 1.45. The molecule has 0 heterocycles. The van der Waals surface area contributed by atoms with Crippen molar-refractivity contribution in [2.75, 3.05) is 0 Å². The average Bonchev–Trinajstić information content (AvgIpc) is 1.84. The van der Waals surface area contributed by atoms with Gasteiger partial charge >= 0.3 is 5.97 Å². The van der Waals surface area contributed by atoms with Crippen LogP contribution in [0.3, 0.4) is 0 Å². The van der Waals surface area contributed by atoms with E-state index in [4.69, 9.17) is 15.0 Å². The fourth-order valence-electron chi connectivity index (χ4n) is 0.285. The molecule has 2 N–H and O–H groups in total. The van der Waals surface area contributed by atoms with Crippen molar-refractivity contribution in [1.29, 1.82) is 0 Å². The van der Waals surface area contributed by atoms with Gasteiger partial charge in [0.25, 0.3) is 5.97 Å². The van der Waals surface area contributed by atoms with Gasteiger partial charge in [0, 0.05) is 6.92 Å². The molecule has 4 nitrogen and oxygen atoms in total. The molecule has 0 aliphatic rings. The monoisotopic (exact) mass is 176 g/mol. The number of rotatable bonds is 2. The summed E-state index contributed by atoms with van der Waals surface area (Å²) in [6, 6.07) is 0. The van der Waals surface area contributed by atoms with Gasteiger partial charge in [0.15, 0.2) is 0 Å². The van der Waals surface area contributed by atoms with Gasteiger partial charge in [-0.05, 0) is 5.92 Å². The Morgan fingerprint density at radius 3 is 1.33 bits per heavy atom. The maximum absolute atomic E-state index is 10.1. The minimum atomic E-state index is -0.833. The summed E-state index contributed by atoms with van der Waals surface area (Å²) in [5, 5.41) is 15.8. The molecule has 12 heavy (non-hydrogen) atoms. The molecule has 0 saturated heterocycles. The Morgan fingerprint density at radius 1 is 1.08 bits per heavy atom. The topological polar surface area (TPSA) is 74.6 Å². The number of aliphatic carboxylic acids is 2. The third-order valence-electron chi connectivity index (χ3n) is 1.39. The lowest BCUT2D eigenvalue weighted by molar-refractivity contribution is -0.142. The third kappa shape index (κ3) is 11.7. The zero-order valence-electron chi connectivity index (χ0n) is 7.87. The van der Waals surface area contributed by atoms with Crippen LogP contribution in [0.4, 0.5) is 0 Å². The van der Waals surface area contributed by atoms with E-state index in [2.05, 4.69) is 0 Å². The highest BCUT2D eigenvalue weighted by Crippen LogP contribution is 2.08. The van der Waals surface area contributed by atoms with Gasteiger partial charge in [0.05, 0.1) is 5.92 Å². The number of carboxylic acid groups (broad SMARTS) is 2. The number of hydrogen-bond acceptors (Lipinski definition) is 2. The molecule has 0 rings (SSSR count). The van der Waals surface area contributed by atoms with Crippen LogP contribution in [0.15, 0.2) is 0 Å². The van der Waals surface area contributed by atoms with E-state index in [-0.39, 0.29) is 11.8 Å². The fourth-order valence-corrected chi connectivity index (χ4v) is 0.285. The van der Waals surface area contributed by atoms with Crippen molar-refractivity contribution in [1.82, 2.24) is 0 Å². The molecular weight excluding hydrogens is 160 g/mol. The SMILES string of the molecule is CC(=O)O.CC(C)C(C)C(=O)O. The predicted molar refractivity (Wildman–Crippen MR) is 44.9 cm³/mol. The summed E-state index contributed by atoms with van der Waals surface area (Å²) < 4.78 is 0. The van der Waals surface area contributed by atoms with Crippen molar-refractivity contribution in [2.45, 2.75) is 27.7 Å². The average molecular weight is 176 g/mol. The van der Waals surface area contributed by atoms with E-state index in [1.807, 2.05) is 13.8 Å². The second kappa shape index (κ2) is 6.64. The molecule has 0 aromatic heterocycles. The van der Waals surface area contributed by atoms with Crippen LogP contribution >= 0.6 is 0 Å². The summed E-state index contributed by atoms with van der Waals surface area (Å²) in [6.45, 7) is 6.60. The quantitative estimate of drug-likeness (QED) is 0.667. The molecule has 4 heteroatoms. The van der Waals surface area contributed by atoms with Gasteiger partial charge in [0.2, 0.25) is 0 Å². The second-order valence-corrected chi connectivity index (χ2v) is 2.89. The molecule has 0 aromatic rings. The van der Waals surface area contributed by atoms with Crippen LogP contribution in [-0.2, 0) is 9.59 Å². The van der Waals surface area contributed by atoms with Crippen molar-refractivity contribution < 1.29 is 19.8 Å². The fraction of sp³-hybridized carbons (Fsp3) is 0.750. The lowest BCUT2D eigenvalue weighted by Crippen LogP contribution is -2.15. The lowest BCUT2D eigenvalue weighted by Gasteiger charge is -2.07. The summed E-state index contributed by atoms with van der Waals surface area (Å²) in [6.07, 6.45) is 0. The van der Waals surface area contributed by atoms with Gasteiger partial charge in [-0.3, -0.25) is 9.59 Å². The molecule has 1 unspecified atom stereocenters. The van der Waals surface area contributed by atoms with E-state index in [1.54, 1.807) is 6.92 Å². The third-order valence-corrected chi connectivity index (χ3v) is 1.39. The highest BCUT2D eigenvalue weighted by atomic mass is 16.4. The van der Waals surface area contributed by atoms with E-state index in [0.29, 0.717) is 0 Å². The standard InChI is InChI=1S/C6H12O2.C2H4O2/c1-4(2)5(3)6(7)8;1-2(3)4/h4-5H,1-3H3,(H,7,8);1H3,(H,3,4). The Balaban J connectivity index is 0. The lowest BCUT2D eigenvalue weighted by atomic mass is 9.99. The van der Waals surface area contributed by atoms with Gasteiger partial charge in [-0.15, -0.1) is 0 Å². The zero-order valence-corrected chi connectivity index (χ0v) is 7.87. The van der Waals surface area contributed by atoms with E-state index in [1.165, 1.54) is 0 Å². The molecule has 72 valence electrons. The minimum absolute atomic E-state index is 0.213. The summed E-state index contributed by atoms with van der Waals surface area (Å²) in [7, 11) is 0. The van der Waals surface area contributed by atoms with Gasteiger partial charge in [0.1, 0.15) is 0 Å². The summed E-state index contributed by atoms with van der Waals surface area (Å²) in [4.78, 5) is 19.1. The maximum Gasteiger partial charge on any atom is 0.306 e. The van der Waals surface area contributed by atoms with E-state index >= 15 is 0 Å². The normalized spacial score (nSPS) is 11.4. The van der Waals surface area contributed by atoms with Crippen LogP contribution in [-0.4, -0.2) is 22.2 Å². The van der Waals surface area contributed by atoms with E-state index in [0.717, 1.165) is 6.92 Å². The minimum Gasteiger partial charge on any atom is -0.481 e. The molecule has 1 atom stereocenters. The largest absolute Gasteiger partial charge is 0.481 e. The molecule has 0 aliphatic heterocycles. The molecule has 0 aliphatic carbocycles. The zero-order chi connectivity index (χ0) is 10.3. The molecular formula is C8H16O4. The Hall–Kier alpha value is -1.06. The van der Waals surface area contributed by atoms with Crippen LogP contribution in [0.2, 0.25) is 0 Å². The number of carboxylic acids is 2. The Labute approximate surface area is 72.2 Å². The van der Waals surface area contributed by atoms with Gasteiger partial charge in [-0.25, -0.2) is 0 Å². The van der Waals surface area contributed by atoms with Crippen molar-refractivity contribution >= 4 is 11.9 Å². The first-order chi connectivity index (χ1) is 5.29. The smallest absolute Gasteiger partial charge is 0.306 e. The highest BCUT2D eigenvalue weighted by Gasteiger charge is 2.13. The molecule has 0 radical (unpaired) electrons. The Bertz CT molecular complexity index is 147. The molecule has 0 saturated carbocycles. The summed E-state index contributed by atoms with van der Waals surface area (Å²) in [5.41, 5.74) is 0. The number of carbonyl (C=O) groups is 2. The van der Waals surface area contributed by atoms with Gasteiger partial charge < -0.3 is 10.2 Å². The van der Waals surface area contributed by atoms with Crippen LogP contribution in [0, 0.1) is 11.8 Å². The first-order valence-electron chi connectivity index (χ1n) is 3.71. The van der Waals surface area contributed by atoms with Crippen LogP contribution in [0.5, 0.6) is 0 Å². The van der Waals surface area contributed by atoms with Gasteiger partial charge in [-0.2, -0.15) is 0 Å². The number of hydrogen-bond donors (Lipinski definition) is 2. The summed E-state index contributed by atoms with van der Waals surface area (Å²) in [5.74, 6) is -1.51. The van der Waals surface area contributed by atoms with Crippen molar-refractivity contribution in [2.24, 2.45) is 11.8 Å². The van der Waals surface area contributed by atoms with Crippen molar-refractivity contribution in [3.8, 4) is 0 Å². The van der Waals surface area contributed by atoms with Crippen LogP contribution in [0.1, 0.15) is 27.7 Å². The Kier molecular flexibility index (Phi) is 7.48. The molecule has 0 amide bonds. The maximum atomic E-state index is 10.1. The first kappa shape index (κ1) is 13.5. The van der Waals surface area contributed by atoms with Crippen LogP contribution in [0.25, 0.3) is 0 Å². The first-order valence-corrected chi connectivity index (χ1v) is 3.71. The van der Waals surface area contributed by atoms with Crippen LogP contribution < -0.4 is 0 Å². The van der Waals surface area contributed by atoms with Gasteiger partial charge in [-0.1, -0.05) is 20.8 Å². The van der Waals surface area contributed by atoms with Crippen molar-refractivity contribution in [3.63, 3.8) is 0 Å². The molecule has 0 fully saturated rings. The summed E-state index contributed by atoms with van der Waals surface area (Å²) >= 11 is 0. The second-order valence-electron chi connectivity index (χ2n) is 2.89.